The van der Waals surface area contributed by atoms with E-state index in [0.717, 1.165) is 11.4 Å². The Morgan fingerprint density at radius 3 is 2.52 bits per heavy atom. The first-order valence-corrected chi connectivity index (χ1v) is 8.13. The van der Waals surface area contributed by atoms with E-state index in [0.29, 0.717) is 5.82 Å². The van der Waals surface area contributed by atoms with Crippen molar-refractivity contribution in [3.05, 3.63) is 40.3 Å². The number of carbonyl (C=O) groups is 2. The highest BCUT2D eigenvalue weighted by molar-refractivity contribution is 6.33. The topological polar surface area (TPSA) is 86.1 Å². The molecule has 2 rings (SSSR count). The van der Waals surface area contributed by atoms with Crippen LogP contribution in [0, 0.1) is 13.8 Å². The van der Waals surface area contributed by atoms with Gasteiger partial charge in [0, 0.05) is 11.2 Å². The maximum Gasteiger partial charge on any atom is 0.359 e. The summed E-state index contributed by atoms with van der Waals surface area (Å²) in [5.41, 5.74) is 1.23. The number of pyridine rings is 1. The number of hydrogen-bond acceptors (Lipinski definition) is 5. The third-order valence-electron chi connectivity index (χ3n) is 3.10. The van der Waals surface area contributed by atoms with Crippen LogP contribution in [-0.2, 0) is 9.53 Å². The number of halogens is 1. The van der Waals surface area contributed by atoms with E-state index in [4.69, 9.17) is 16.3 Å². The van der Waals surface area contributed by atoms with Gasteiger partial charge in [0.15, 0.2) is 18.1 Å². The normalized spacial score (nSPS) is 11.3. The van der Waals surface area contributed by atoms with Gasteiger partial charge in [0.1, 0.15) is 0 Å². The minimum atomic E-state index is -0.766. The summed E-state index contributed by atoms with van der Waals surface area (Å²) in [7, 11) is 0. The summed E-state index contributed by atoms with van der Waals surface area (Å²) < 4.78 is 6.62. The first kappa shape index (κ1) is 18.9. The fourth-order valence-corrected chi connectivity index (χ4v) is 2.39. The van der Waals surface area contributed by atoms with Crippen molar-refractivity contribution in [3.63, 3.8) is 0 Å². The van der Waals surface area contributed by atoms with Gasteiger partial charge in [0.25, 0.3) is 5.91 Å². The zero-order valence-electron chi connectivity index (χ0n) is 14.9. The summed E-state index contributed by atoms with van der Waals surface area (Å²) in [4.78, 5) is 28.2. The van der Waals surface area contributed by atoms with Crippen LogP contribution in [0.3, 0.4) is 0 Å². The Bertz CT molecular complexity index is 809. The van der Waals surface area contributed by atoms with Gasteiger partial charge in [-0.2, -0.15) is 5.10 Å². The number of nitrogens with zero attached hydrogens (tertiary/aromatic N) is 3. The van der Waals surface area contributed by atoms with E-state index in [1.807, 2.05) is 40.7 Å². The van der Waals surface area contributed by atoms with Crippen LogP contribution < -0.4 is 5.32 Å². The summed E-state index contributed by atoms with van der Waals surface area (Å²) >= 11 is 6.05. The standard InChI is InChI=1S/C17H21ClN4O3/c1-10-8-11(2)22(21-10)13-7-6-12(18)15(19-13)16(24)25-9-14(23)20-17(3,4)5/h6-8H,9H2,1-5H3,(H,20,23). The Kier molecular flexibility index (Phi) is 5.47. The smallest absolute Gasteiger partial charge is 0.359 e. The molecule has 0 atom stereocenters. The van der Waals surface area contributed by atoms with E-state index >= 15 is 0 Å². The average molecular weight is 365 g/mol. The van der Waals surface area contributed by atoms with Crippen molar-refractivity contribution in [2.75, 3.05) is 6.61 Å². The summed E-state index contributed by atoms with van der Waals surface area (Å²) in [5, 5.41) is 7.17. The maximum absolute atomic E-state index is 12.2. The van der Waals surface area contributed by atoms with Crippen molar-refractivity contribution in [1.29, 1.82) is 0 Å². The molecule has 0 aromatic carbocycles. The van der Waals surface area contributed by atoms with E-state index in [-0.39, 0.29) is 10.7 Å². The molecule has 2 aromatic rings. The van der Waals surface area contributed by atoms with Gasteiger partial charge < -0.3 is 10.1 Å². The SMILES string of the molecule is Cc1cc(C)n(-c2ccc(Cl)c(C(=O)OCC(=O)NC(C)(C)C)n2)n1. The molecule has 0 saturated carbocycles. The van der Waals surface area contributed by atoms with E-state index in [1.165, 1.54) is 0 Å². The number of rotatable bonds is 4. The minimum Gasteiger partial charge on any atom is -0.451 e. The van der Waals surface area contributed by atoms with E-state index in [1.54, 1.807) is 16.8 Å². The number of carbonyl (C=O) groups excluding carboxylic acids is 2. The average Bonchev–Trinajstić information content (AvgIpc) is 2.82. The molecular formula is C17H21ClN4O3. The zero-order chi connectivity index (χ0) is 18.8. The van der Waals surface area contributed by atoms with Gasteiger partial charge in [-0.05, 0) is 52.8 Å². The van der Waals surface area contributed by atoms with Crippen LogP contribution in [0.4, 0.5) is 0 Å². The van der Waals surface area contributed by atoms with Gasteiger partial charge in [-0.25, -0.2) is 14.5 Å². The molecule has 0 bridgehead atoms. The Hall–Kier alpha value is -2.41. The highest BCUT2D eigenvalue weighted by atomic mass is 35.5. The van der Waals surface area contributed by atoms with Crippen molar-refractivity contribution in [1.82, 2.24) is 20.1 Å². The number of esters is 1. The monoisotopic (exact) mass is 364 g/mol. The number of aromatic nitrogens is 3. The molecule has 2 heterocycles. The van der Waals surface area contributed by atoms with Gasteiger partial charge in [0.05, 0.1) is 10.7 Å². The Morgan fingerprint density at radius 2 is 1.96 bits per heavy atom. The molecule has 1 amide bonds. The van der Waals surface area contributed by atoms with Crippen LogP contribution in [0.1, 0.15) is 42.6 Å². The summed E-state index contributed by atoms with van der Waals surface area (Å²) in [5.74, 6) is -0.717. The molecule has 0 radical (unpaired) electrons. The second-order valence-electron chi connectivity index (χ2n) is 6.71. The Labute approximate surface area is 151 Å². The van der Waals surface area contributed by atoms with Crippen LogP contribution in [-0.4, -0.2) is 38.8 Å². The minimum absolute atomic E-state index is 0.0599. The van der Waals surface area contributed by atoms with Crippen LogP contribution in [0.2, 0.25) is 5.02 Å². The van der Waals surface area contributed by atoms with Gasteiger partial charge in [-0.1, -0.05) is 11.6 Å². The first-order valence-electron chi connectivity index (χ1n) is 7.75. The summed E-state index contributed by atoms with van der Waals surface area (Å²) in [6, 6.07) is 5.10. The predicted molar refractivity (Wildman–Crippen MR) is 94.0 cm³/mol. The van der Waals surface area contributed by atoms with Crippen molar-refractivity contribution in [3.8, 4) is 5.82 Å². The number of aryl methyl sites for hydroxylation is 2. The van der Waals surface area contributed by atoms with Gasteiger partial charge in [0.2, 0.25) is 0 Å². The van der Waals surface area contributed by atoms with Crippen molar-refractivity contribution in [2.24, 2.45) is 0 Å². The fraction of sp³-hybridized carbons (Fsp3) is 0.412. The first-order chi connectivity index (χ1) is 11.6. The molecule has 0 fully saturated rings. The van der Waals surface area contributed by atoms with Gasteiger partial charge in [-0.15, -0.1) is 0 Å². The highest BCUT2D eigenvalue weighted by Gasteiger charge is 2.19. The second kappa shape index (κ2) is 7.23. The number of nitrogens with one attached hydrogen (secondary N) is 1. The fourth-order valence-electron chi connectivity index (χ4n) is 2.21. The van der Waals surface area contributed by atoms with Crippen molar-refractivity contribution >= 4 is 23.5 Å². The maximum atomic E-state index is 12.2. The van der Waals surface area contributed by atoms with Gasteiger partial charge in [-0.3, -0.25) is 4.79 Å². The van der Waals surface area contributed by atoms with Crippen LogP contribution >= 0.6 is 11.6 Å². The van der Waals surface area contributed by atoms with Crippen LogP contribution in [0.5, 0.6) is 0 Å². The number of ether oxygens (including phenoxy) is 1. The molecule has 0 spiro atoms. The molecule has 0 aliphatic heterocycles. The van der Waals surface area contributed by atoms with Crippen molar-refractivity contribution in [2.45, 2.75) is 40.2 Å². The number of amides is 1. The molecule has 8 heteroatoms. The van der Waals surface area contributed by atoms with Crippen LogP contribution in [0.15, 0.2) is 18.2 Å². The Balaban J connectivity index is 2.16. The van der Waals surface area contributed by atoms with Gasteiger partial charge >= 0.3 is 5.97 Å². The molecule has 2 aromatic heterocycles. The molecule has 0 unspecified atom stereocenters. The molecule has 1 N–H and O–H groups in total. The Morgan fingerprint density at radius 1 is 1.28 bits per heavy atom. The largest absolute Gasteiger partial charge is 0.451 e. The predicted octanol–water partition coefficient (Wildman–Crippen LogP) is 2.61. The summed E-state index contributed by atoms with van der Waals surface area (Å²) in [6.45, 7) is 8.85. The number of hydrogen-bond donors (Lipinski definition) is 1. The quantitative estimate of drug-likeness (QED) is 0.843. The molecule has 0 aliphatic rings. The van der Waals surface area contributed by atoms with E-state index in [9.17, 15) is 9.59 Å². The lowest BCUT2D eigenvalue weighted by Gasteiger charge is -2.20. The lowest BCUT2D eigenvalue weighted by atomic mass is 10.1. The molecule has 0 saturated heterocycles. The molecule has 0 aliphatic carbocycles. The van der Waals surface area contributed by atoms with E-state index < -0.39 is 24.0 Å². The second-order valence-corrected chi connectivity index (χ2v) is 7.12. The third kappa shape index (κ3) is 5.03. The lowest BCUT2D eigenvalue weighted by Crippen LogP contribution is -2.42. The molecular weight excluding hydrogens is 344 g/mol. The molecule has 7 nitrogen and oxygen atoms in total. The molecule has 25 heavy (non-hydrogen) atoms. The van der Waals surface area contributed by atoms with E-state index in [2.05, 4.69) is 15.4 Å². The third-order valence-corrected chi connectivity index (χ3v) is 3.41. The zero-order valence-corrected chi connectivity index (χ0v) is 15.6. The van der Waals surface area contributed by atoms with Crippen molar-refractivity contribution < 1.29 is 14.3 Å². The summed E-state index contributed by atoms with van der Waals surface area (Å²) in [6.07, 6.45) is 0. The highest BCUT2D eigenvalue weighted by Crippen LogP contribution is 2.18. The van der Waals surface area contributed by atoms with Crippen LogP contribution in [0.25, 0.3) is 5.82 Å². The molecule has 134 valence electrons. The lowest BCUT2D eigenvalue weighted by molar-refractivity contribution is -0.125.